The van der Waals surface area contributed by atoms with E-state index in [1.165, 1.54) is 0 Å². The number of piperazine rings is 1. The first-order chi connectivity index (χ1) is 14.6. The second kappa shape index (κ2) is 8.71. The third kappa shape index (κ3) is 3.83. The van der Waals surface area contributed by atoms with Crippen molar-refractivity contribution in [1.29, 1.82) is 0 Å². The zero-order valence-corrected chi connectivity index (χ0v) is 17.7. The molecule has 0 aliphatic carbocycles. The minimum absolute atomic E-state index is 0.0612. The summed E-state index contributed by atoms with van der Waals surface area (Å²) in [4.78, 5) is 22.6. The highest BCUT2D eigenvalue weighted by Crippen LogP contribution is 2.33. The van der Waals surface area contributed by atoms with E-state index in [9.17, 15) is 4.79 Å². The van der Waals surface area contributed by atoms with Crippen molar-refractivity contribution in [1.82, 2.24) is 14.8 Å². The summed E-state index contributed by atoms with van der Waals surface area (Å²) in [7, 11) is 3.22. The SMILES string of the molecule is CCN1CCN(C(=O)c2cc(-c3ccc(OC)c(OC)c3)nc3ccccc23)CC1. The Labute approximate surface area is 177 Å². The van der Waals surface area contributed by atoms with Crippen molar-refractivity contribution in [2.75, 3.05) is 46.9 Å². The molecule has 1 aromatic heterocycles. The third-order valence-electron chi connectivity index (χ3n) is 5.73. The molecule has 6 nitrogen and oxygen atoms in total. The molecule has 6 heteroatoms. The molecule has 0 spiro atoms. The van der Waals surface area contributed by atoms with Crippen LogP contribution in [0.1, 0.15) is 17.3 Å². The first-order valence-corrected chi connectivity index (χ1v) is 10.3. The van der Waals surface area contributed by atoms with Gasteiger partial charge in [0, 0.05) is 37.1 Å². The number of aromatic nitrogens is 1. The van der Waals surface area contributed by atoms with E-state index in [2.05, 4.69) is 11.8 Å². The van der Waals surface area contributed by atoms with Crippen LogP contribution in [0.25, 0.3) is 22.2 Å². The van der Waals surface area contributed by atoms with Crippen LogP contribution >= 0.6 is 0 Å². The van der Waals surface area contributed by atoms with E-state index in [1.807, 2.05) is 53.4 Å². The van der Waals surface area contributed by atoms with Gasteiger partial charge in [0.2, 0.25) is 0 Å². The normalized spacial score (nSPS) is 14.7. The molecule has 1 amide bonds. The number of carbonyl (C=O) groups excluding carboxylic acids is 1. The summed E-state index contributed by atoms with van der Waals surface area (Å²) < 4.78 is 10.8. The second-order valence-corrected chi connectivity index (χ2v) is 7.37. The van der Waals surface area contributed by atoms with Crippen LogP contribution in [0.15, 0.2) is 48.5 Å². The van der Waals surface area contributed by atoms with Gasteiger partial charge in [-0.25, -0.2) is 4.98 Å². The average Bonchev–Trinajstić information content (AvgIpc) is 2.82. The lowest BCUT2D eigenvalue weighted by Crippen LogP contribution is -2.48. The van der Waals surface area contributed by atoms with Gasteiger partial charge >= 0.3 is 0 Å². The molecular weight excluding hydrogens is 378 g/mol. The molecule has 1 saturated heterocycles. The summed E-state index contributed by atoms with van der Waals surface area (Å²) >= 11 is 0. The number of fused-ring (bicyclic) bond motifs is 1. The van der Waals surface area contributed by atoms with Crippen LogP contribution in [0.4, 0.5) is 0 Å². The van der Waals surface area contributed by atoms with Crippen molar-refractivity contribution in [3.05, 3.63) is 54.1 Å². The van der Waals surface area contributed by atoms with Gasteiger partial charge in [0.1, 0.15) is 0 Å². The van der Waals surface area contributed by atoms with Gasteiger partial charge in [-0.05, 0) is 36.9 Å². The lowest BCUT2D eigenvalue weighted by Gasteiger charge is -2.34. The molecule has 0 N–H and O–H groups in total. The molecule has 4 rings (SSSR count). The van der Waals surface area contributed by atoms with Crippen molar-refractivity contribution >= 4 is 16.8 Å². The number of likely N-dealkylation sites (N-methyl/N-ethyl adjacent to an activating group) is 1. The zero-order chi connectivity index (χ0) is 21.1. The van der Waals surface area contributed by atoms with Gasteiger partial charge in [-0.15, -0.1) is 0 Å². The molecular formula is C24H27N3O3. The van der Waals surface area contributed by atoms with Crippen LogP contribution in [-0.4, -0.2) is 67.6 Å². The molecule has 1 fully saturated rings. The summed E-state index contributed by atoms with van der Waals surface area (Å²) in [5.41, 5.74) is 3.11. The molecule has 0 atom stereocenters. The maximum atomic E-state index is 13.5. The number of pyridine rings is 1. The largest absolute Gasteiger partial charge is 0.493 e. The highest BCUT2D eigenvalue weighted by atomic mass is 16.5. The first kappa shape index (κ1) is 20.2. The lowest BCUT2D eigenvalue weighted by molar-refractivity contribution is 0.0645. The number of para-hydroxylation sites is 1. The molecule has 2 aromatic carbocycles. The van der Waals surface area contributed by atoms with Gasteiger partial charge in [0.15, 0.2) is 11.5 Å². The maximum Gasteiger partial charge on any atom is 0.254 e. The summed E-state index contributed by atoms with van der Waals surface area (Å²) in [6.45, 7) is 6.48. The van der Waals surface area contributed by atoms with Crippen molar-refractivity contribution in [3.8, 4) is 22.8 Å². The van der Waals surface area contributed by atoms with E-state index in [1.54, 1.807) is 14.2 Å². The summed E-state index contributed by atoms with van der Waals surface area (Å²) in [6.07, 6.45) is 0. The Morgan fingerprint density at radius 3 is 2.40 bits per heavy atom. The standard InChI is InChI=1S/C24H27N3O3/c1-4-26-11-13-27(14-12-26)24(28)19-16-21(25-20-8-6-5-7-18(19)20)17-9-10-22(29-2)23(15-17)30-3/h5-10,15-16H,4,11-14H2,1-3H3. The molecule has 156 valence electrons. The number of hydrogen-bond donors (Lipinski definition) is 0. The van der Waals surface area contributed by atoms with E-state index in [0.717, 1.165) is 54.9 Å². The van der Waals surface area contributed by atoms with Crippen LogP contribution in [0, 0.1) is 0 Å². The van der Waals surface area contributed by atoms with Crippen molar-refractivity contribution in [2.45, 2.75) is 6.92 Å². The van der Waals surface area contributed by atoms with Gasteiger partial charge < -0.3 is 19.3 Å². The second-order valence-electron chi connectivity index (χ2n) is 7.37. The maximum absolute atomic E-state index is 13.5. The van der Waals surface area contributed by atoms with Crippen LogP contribution in [0.5, 0.6) is 11.5 Å². The minimum Gasteiger partial charge on any atom is -0.493 e. The van der Waals surface area contributed by atoms with Crippen molar-refractivity contribution in [3.63, 3.8) is 0 Å². The quantitative estimate of drug-likeness (QED) is 0.648. The topological polar surface area (TPSA) is 54.9 Å². The Morgan fingerprint density at radius 1 is 0.967 bits per heavy atom. The number of ether oxygens (including phenoxy) is 2. The van der Waals surface area contributed by atoms with Crippen molar-refractivity contribution < 1.29 is 14.3 Å². The minimum atomic E-state index is 0.0612. The van der Waals surface area contributed by atoms with Crippen LogP contribution in [0.2, 0.25) is 0 Å². The fourth-order valence-electron chi connectivity index (χ4n) is 3.93. The van der Waals surface area contributed by atoms with Crippen LogP contribution in [0.3, 0.4) is 0 Å². The summed E-state index contributed by atoms with van der Waals surface area (Å²) in [5, 5.41) is 0.879. The number of hydrogen-bond acceptors (Lipinski definition) is 5. The number of rotatable bonds is 5. The van der Waals surface area contributed by atoms with Crippen LogP contribution in [-0.2, 0) is 0 Å². The number of methoxy groups -OCH3 is 2. The molecule has 2 heterocycles. The number of carbonyl (C=O) groups is 1. The number of amides is 1. The number of benzene rings is 2. The predicted molar refractivity (Wildman–Crippen MR) is 118 cm³/mol. The molecule has 0 bridgehead atoms. The van der Waals surface area contributed by atoms with Gasteiger partial charge in [-0.1, -0.05) is 25.1 Å². The highest BCUT2D eigenvalue weighted by molar-refractivity contribution is 6.07. The average molecular weight is 405 g/mol. The Morgan fingerprint density at radius 2 is 1.70 bits per heavy atom. The highest BCUT2D eigenvalue weighted by Gasteiger charge is 2.24. The summed E-state index contributed by atoms with van der Waals surface area (Å²) in [5.74, 6) is 1.35. The Bertz CT molecular complexity index is 1060. The predicted octanol–water partition coefficient (Wildman–Crippen LogP) is 3.70. The molecule has 1 aliphatic heterocycles. The number of nitrogens with zero attached hydrogens (tertiary/aromatic N) is 3. The molecule has 0 unspecified atom stereocenters. The Kier molecular flexibility index (Phi) is 5.86. The first-order valence-electron chi connectivity index (χ1n) is 10.3. The van der Waals surface area contributed by atoms with Gasteiger partial charge in [-0.3, -0.25) is 4.79 Å². The van der Waals surface area contributed by atoms with Crippen molar-refractivity contribution in [2.24, 2.45) is 0 Å². The van der Waals surface area contributed by atoms with E-state index < -0.39 is 0 Å². The zero-order valence-electron chi connectivity index (χ0n) is 17.7. The monoisotopic (exact) mass is 405 g/mol. The van der Waals surface area contributed by atoms with Gasteiger partial charge in [0.25, 0.3) is 5.91 Å². The lowest BCUT2D eigenvalue weighted by atomic mass is 10.0. The molecule has 3 aromatic rings. The van der Waals surface area contributed by atoms with Gasteiger partial charge in [-0.2, -0.15) is 0 Å². The molecule has 0 saturated carbocycles. The van der Waals surface area contributed by atoms with E-state index in [4.69, 9.17) is 14.5 Å². The van der Waals surface area contributed by atoms with Gasteiger partial charge in [0.05, 0.1) is 31.0 Å². The Hall–Kier alpha value is -3.12. The molecule has 30 heavy (non-hydrogen) atoms. The van der Waals surface area contributed by atoms with E-state index in [0.29, 0.717) is 17.1 Å². The summed E-state index contributed by atoms with van der Waals surface area (Å²) in [6, 6.07) is 15.4. The van der Waals surface area contributed by atoms with E-state index >= 15 is 0 Å². The molecule has 0 radical (unpaired) electrons. The third-order valence-corrected chi connectivity index (χ3v) is 5.73. The fourth-order valence-corrected chi connectivity index (χ4v) is 3.93. The van der Waals surface area contributed by atoms with E-state index in [-0.39, 0.29) is 5.91 Å². The molecule has 1 aliphatic rings. The Balaban J connectivity index is 1.76. The smallest absolute Gasteiger partial charge is 0.254 e. The van der Waals surface area contributed by atoms with Crippen LogP contribution < -0.4 is 9.47 Å². The fraction of sp³-hybridized carbons (Fsp3) is 0.333.